The molecule has 0 unspecified atom stereocenters. The SMILES string of the molecule is [B]CSOCCN(CCOSC[B])c1ccc(/C=C/C2=CC(=C/C=C/C3=C([N+]#[C-])C(=C(C#N)C#N)SC3(C)C)/CC(C)(C)C2)cc1. The molecule has 3 rings (SSSR count). The predicted molar refractivity (Wildman–Crippen MR) is 198 cm³/mol. The van der Waals surface area contributed by atoms with E-state index in [0.717, 1.165) is 42.8 Å². The number of benzene rings is 1. The molecule has 46 heavy (non-hydrogen) atoms. The molecule has 4 radical (unpaired) electrons. The van der Waals surface area contributed by atoms with Gasteiger partial charge >= 0.3 is 0 Å². The van der Waals surface area contributed by atoms with Gasteiger partial charge in [0.2, 0.25) is 5.70 Å². The lowest BCUT2D eigenvalue weighted by molar-refractivity contribution is 0.355. The van der Waals surface area contributed by atoms with Gasteiger partial charge in [-0.3, -0.25) is 0 Å². The van der Waals surface area contributed by atoms with Crippen LogP contribution in [0.2, 0.25) is 0 Å². The van der Waals surface area contributed by atoms with E-state index in [1.54, 1.807) is 0 Å². The van der Waals surface area contributed by atoms with E-state index < -0.39 is 4.75 Å². The van der Waals surface area contributed by atoms with Gasteiger partial charge in [-0.2, -0.15) is 10.5 Å². The van der Waals surface area contributed by atoms with Crippen LogP contribution >= 0.6 is 35.8 Å². The van der Waals surface area contributed by atoms with E-state index in [2.05, 4.69) is 72.2 Å². The molecule has 1 aliphatic heterocycles. The summed E-state index contributed by atoms with van der Waals surface area (Å²) in [5.74, 6) is 0. The van der Waals surface area contributed by atoms with Crippen LogP contribution < -0.4 is 4.90 Å². The van der Waals surface area contributed by atoms with Gasteiger partial charge in [0.15, 0.2) is 0 Å². The van der Waals surface area contributed by atoms with E-state index >= 15 is 0 Å². The topological polar surface area (TPSA) is 73.6 Å². The maximum atomic E-state index is 9.39. The fourth-order valence-electron chi connectivity index (χ4n) is 5.32. The number of hydrogen-bond acceptors (Lipinski definition) is 8. The summed E-state index contributed by atoms with van der Waals surface area (Å²) in [5, 5.41) is 18.8. The summed E-state index contributed by atoms with van der Waals surface area (Å²) in [7, 11) is 11.0. The van der Waals surface area contributed by atoms with E-state index in [1.807, 2.05) is 38.1 Å². The summed E-state index contributed by atoms with van der Waals surface area (Å²) < 4.78 is 10.6. The van der Waals surface area contributed by atoms with Crippen LogP contribution in [0.5, 0.6) is 0 Å². The van der Waals surface area contributed by atoms with Crippen LogP contribution in [0.15, 0.2) is 87.5 Å². The summed E-state index contributed by atoms with van der Waals surface area (Å²) in [5.41, 5.74) is 6.81. The van der Waals surface area contributed by atoms with Crippen molar-refractivity contribution in [1.82, 2.24) is 0 Å². The predicted octanol–water partition coefficient (Wildman–Crippen LogP) is 8.32. The molecule has 0 N–H and O–H groups in total. The lowest BCUT2D eigenvalue weighted by Crippen LogP contribution is -2.30. The van der Waals surface area contributed by atoms with Crippen molar-refractivity contribution in [2.24, 2.45) is 5.41 Å². The first-order chi connectivity index (χ1) is 22.1. The van der Waals surface area contributed by atoms with Crippen molar-refractivity contribution in [1.29, 1.82) is 10.5 Å². The summed E-state index contributed by atoms with van der Waals surface area (Å²) in [6.07, 6.45) is 14.5. The third-order valence-electron chi connectivity index (χ3n) is 7.29. The second-order valence-electron chi connectivity index (χ2n) is 11.9. The Morgan fingerprint density at radius 1 is 1.00 bits per heavy atom. The lowest BCUT2D eigenvalue weighted by Gasteiger charge is -2.30. The minimum Gasteiger partial charge on any atom is -0.367 e. The Hall–Kier alpha value is -2.97. The first-order valence-corrected chi connectivity index (χ1v) is 17.6. The molecule has 0 saturated heterocycles. The largest absolute Gasteiger partial charge is 0.367 e. The average molecular weight is 665 g/mol. The lowest BCUT2D eigenvalue weighted by atomic mass is 9.75. The van der Waals surface area contributed by atoms with E-state index in [4.69, 9.17) is 30.6 Å². The highest BCUT2D eigenvalue weighted by Crippen LogP contribution is 2.52. The van der Waals surface area contributed by atoms with Gasteiger partial charge in [-0.1, -0.05) is 62.4 Å². The summed E-state index contributed by atoms with van der Waals surface area (Å²) >= 11 is 3.91. The third kappa shape index (κ3) is 11.1. The van der Waals surface area contributed by atoms with E-state index in [1.165, 1.54) is 47.0 Å². The van der Waals surface area contributed by atoms with Crippen LogP contribution in [0, 0.1) is 34.6 Å². The van der Waals surface area contributed by atoms with Crippen molar-refractivity contribution in [3.63, 3.8) is 0 Å². The van der Waals surface area contributed by atoms with Crippen molar-refractivity contribution in [3.05, 3.63) is 105 Å². The van der Waals surface area contributed by atoms with Gasteiger partial charge in [0, 0.05) is 28.4 Å². The fourth-order valence-corrected chi connectivity index (χ4v) is 7.13. The number of allylic oxidation sites excluding steroid dienone is 8. The van der Waals surface area contributed by atoms with Crippen LogP contribution in [0.4, 0.5) is 5.69 Å². The molecular weight excluding hydrogens is 626 g/mol. The molecular formula is C35H38B2N4O2S3. The van der Waals surface area contributed by atoms with Gasteiger partial charge in [-0.15, -0.1) is 11.8 Å². The van der Waals surface area contributed by atoms with E-state index in [0.29, 0.717) is 35.1 Å². The standard InChI is InChI=1S/C35H38B2N4O2S3/c1-34(2)20-27(7-6-8-31-32(40-5)33(29(22-38)23-39)46-35(31,3)4)19-28(21-34)10-9-26-11-13-30(14-12-26)41(15-17-42-44-24-36)16-18-43-45-25-37/h6-14,19H,15-18,20-21,24-25H2,1-4H3/b8-6+,10-9+,27-7-. The van der Waals surface area contributed by atoms with Crippen molar-refractivity contribution >= 4 is 63.3 Å². The molecule has 1 aromatic rings. The number of anilines is 1. The quantitative estimate of drug-likeness (QED) is 0.0610. The highest BCUT2D eigenvalue weighted by atomic mass is 32.2. The van der Waals surface area contributed by atoms with Gasteiger partial charge in [0.05, 0.1) is 35.5 Å². The van der Waals surface area contributed by atoms with Gasteiger partial charge in [0.1, 0.15) is 17.7 Å². The van der Waals surface area contributed by atoms with Crippen molar-refractivity contribution in [2.45, 2.75) is 45.3 Å². The maximum absolute atomic E-state index is 9.39. The molecule has 11 heteroatoms. The van der Waals surface area contributed by atoms with Gasteiger partial charge < -0.3 is 13.3 Å². The molecule has 1 aromatic carbocycles. The molecule has 0 bridgehead atoms. The fraction of sp³-hybridized carbons (Fsp3) is 0.400. The molecule has 234 valence electrons. The molecule has 0 atom stereocenters. The van der Waals surface area contributed by atoms with Crippen LogP contribution in [-0.2, 0) is 8.37 Å². The summed E-state index contributed by atoms with van der Waals surface area (Å²) in [4.78, 5) is 6.40. The van der Waals surface area contributed by atoms with Gasteiger partial charge in [0.25, 0.3) is 0 Å². The summed E-state index contributed by atoms with van der Waals surface area (Å²) in [6, 6.07) is 12.4. The number of thioether (sulfide) groups is 1. The number of hydrogen-bond donors (Lipinski definition) is 0. The highest BCUT2D eigenvalue weighted by Gasteiger charge is 2.37. The van der Waals surface area contributed by atoms with Gasteiger partial charge in [-0.05, 0) is 102 Å². The maximum Gasteiger partial charge on any atom is 0.207 e. The molecule has 1 heterocycles. The van der Waals surface area contributed by atoms with Crippen molar-refractivity contribution in [3.8, 4) is 12.1 Å². The average Bonchev–Trinajstić information content (AvgIpc) is 3.28. The van der Waals surface area contributed by atoms with E-state index in [-0.39, 0.29) is 11.0 Å². The Labute approximate surface area is 290 Å². The monoisotopic (exact) mass is 664 g/mol. The van der Waals surface area contributed by atoms with Crippen LogP contribution in [-0.4, -0.2) is 58.0 Å². The number of nitrogens with zero attached hydrogens (tertiary/aromatic N) is 4. The Morgan fingerprint density at radius 2 is 1.63 bits per heavy atom. The minimum absolute atomic E-state index is 0.00888. The smallest absolute Gasteiger partial charge is 0.207 e. The Morgan fingerprint density at radius 3 is 2.20 bits per heavy atom. The number of rotatable bonds is 15. The van der Waals surface area contributed by atoms with Gasteiger partial charge in [-0.25, -0.2) is 4.85 Å². The molecule has 6 nitrogen and oxygen atoms in total. The zero-order chi connectivity index (χ0) is 33.6. The molecule has 1 aliphatic carbocycles. The molecule has 2 aliphatic rings. The Kier molecular flexibility index (Phi) is 15.0. The third-order valence-corrected chi connectivity index (χ3v) is 9.56. The molecule has 0 fully saturated rings. The van der Waals surface area contributed by atoms with Crippen LogP contribution in [0.1, 0.15) is 46.1 Å². The minimum atomic E-state index is -0.417. The second-order valence-corrected chi connectivity index (χ2v) is 15.1. The van der Waals surface area contributed by atoms with Crippen LogP contribution in [0.25, 0.3) is 10.9 Å². The van der Waals surface area contributed by atoms with Crippen molar-refractivity contribution < 1.29 is 8.37 Å². The Balaban J connectivity index is 1.78. The zero-order valence-electron chi connectivity index (χ0n) is 26.9. The summed E-state index contributed by atoms with van der Waals surface area (Å²) in [6.45, 7) is 18.9. The van der Waals surface area contributed by atoms with Crippen LogP contribution in [0.3, 0.4) is 0 Å². The first-order valence-electron chi connectivity index (χ1n) is 14.9. The molecule has 0 aromatic heterocycles. The number of nitriles is 2. The molecule has 0 amide bonds. The molecule has 0 saturated carbocycles. The second kappa shape index (κ2) is 18.4. The first kappa shape index (κ1) is 37.5. The Bertz CT molecular complexity index is 1510. The normalized spacial score (nSPS) is 18.1. The van der Waals surface area contributed by atoms with E-state index in [9.17, 15) is 10.5 Å². The molecule has 0 spiro atoms. The highest BCUT2D eigenvalue weighted by molar-refractivity contribution is 8.05. The zero-order valence-corrected chi connectivity index (χ0v) is 29.4. The van der Waals surface area contributed by atoms with Crippen molar-refractivity contribution in [2.75, 3.05) is 42.5 Å².